The fourth-order valence-electron chi connectivity index (χ4n) is 1.33. The number of nitrogens with two attached hydrogens (primary N) is 1. The van der Waals surface area contributed by atoms with E-state index in [4.69, 9.17) is 5.73 Å². The van der Waals surface area contributed by atoms with Gasteiger partial charge in [-0.25, -0.2) is 0 Å². The molecule has 0 aliphatic carbocycles. The van der Waals surface area contributed by atoms with Crippen molar-refractivity contribution in [3.05, 3.63) is 33.9 Å². The molecule has 0 bridgehead atoms. The van der Waals surface area contributed by atoms with Crippen LogP contribution in [0.4, 0.5) is 11.4 Å². The van der Waals surface area contributed by atoms with Crippen molar-refractivity contribution in [1.29, 1.82) is 0 Å². The Morgan fingerprint density at radius 3 is 2.82 bits per heavy atom. The molecule has 0 heterocycles. The smallest absolute Gasteiger partial charge is 0.270 e. The van der Waals surface area contributed by atoms with E-state index in [1.165, 1.54) is 18.2 Å². The lowest BCUT2D eigenvalue weighted by Crippen LogP contribution is -2.25. The van der Waals surface area contributed by atoms with Crippen LogP contribution >= 0.6 is 0 Å². The van der Waals surface area contributed by atoms with Crippen molar-refractivity contribution in [2.45, 2.75) is 19.8 Å². The first-order chi connectivity index (χ1) is 8.06. The maximum atomic E-state index is 11.7. The molecule has 0 saturated carbocycles. The van der Waals surface area contributed by atoms with Crippen LogP contribution in [0.5, 0.6) is 0 Å². The van der Waals surface area contributed by atoms with Crippen molar-refractivity contribution in [2.75, 3.05) is 12.3 Å². The van der Waals surface area contributed by atoms with E-state index in [9.17, 15) is 14.9 Å². The molecule has 0 radical (unpaired) electrons. The molecule has 0 fully saturated rings. The van der Waals surface area contributed by atoms with Gasteiger partial charge in [0, 0.05) is 24.4 Å². The minimum absolute atomic E-state index is 0.139. The summed E-state index contributed by atoms with van der Waals surface area (Å²) < 4.78 is 0. The minimum Gasteiger partial charge on any atom is -0.398 e. The van der Waals surface area contributed by atoms with Crippen LogP contribution in [-0.2, 0) is 0 Å². The second-order valence-electron chi connectivity index (χ2n) is 3.64. The first-order valence-electron chi connectivity index (χ1n) is 5.38. The summed E-state index contributed by atoms with van der Waals surface area (Å²) in [5, 5.41) is 13.2. The first kappa shape index (κ1) is 13.0. The fourth-order valence-corrected chi connectivity index (χ4v) is 1.33. The van der Waals surface area contributed by atoms with Crippen molar-refractivity contribution < 1.29 is 9.72 Å². The molecular weight excluding hydrogens is 222 g/mol. The zero-order chi connectivity index (χ0) is 12.8. The lowest BCUT2D eigenvalue weighted by molar-refractivity contribution is -0.384. The molecule has 0 atom stereocenters. The van der Waals surface area contributed by atoms with Gasteiger partial charge in [-0.15, -0.1) is 0 Å². The van der Waals surface area contributed by atoms with Gasteiger partial charge in [0.05, 0.1) is 10.5 Å². The zero-order valence-electron chi connectivity index (χ0n) is 9.60. The fraction of sp³-hybridized carbons (Fsp3) is 0.364. The van der Waals surface area contributed by atoms with E-state index in [2.05, 4.69) is 5.32 Å². The molecule has 1 rings (SSSR count). The molecule has 0 aliphatic rings. The molecule has 0 aromatic heterocycles. The summed E-state index contributed by atoms with van der Waals surface area (Å²) in [7, 11) is 0. The Labute approximate surface area is 99.0 Å². The predicted octanol–water partition coefficient (Wildman–Crippen LogP) is 1.71. The quantitative estimate of drug-likeness (QED) is 0.352. The molecule has 92 valence electrons. The van der Waals surface area contributed by atoms with E-state index < -0.39 is 4.92 Å². The Morgan fingerprint density at radius 2 is 2.24 bits per heavy atom. The lowest BCUT2D eigenvalue weighted by Gasteiger charge is -2.06. The molecule has 6 heteroatoms. The van der Waals surface area contributed by atoms with E-state index in [0.29, 0.717) is 6.54 Å². The summed E-state index contributed by atoms with van der Waals surface area (Å²) in [6, 6.07) is 3.83. The highest BCUT2D eigenvalue weighted by Crippen LogP contribution is 2.19. The Hall–Kier alpha value is -2.11. The number of hydrogen-bond donors (Lipinski definition) is 2. The van der Waals surface area contributed by atoms with Crippen LogP contribution in [-0.4, -0.2) is 17.4 Å². The van der Waals surface area contributed by atoms with Crippen molar-refractivity contribution in [3.8, 4) is 0 Å². The van der Waals surface area contributed by atoms with Gasteiger partial charge in [0.2, 0.25) is 0 Å². The standard InChI is InChI=1S/C11H15N3O3/c1-2-3-6-13-11(15)9-7-8(14(16)17)4-5-10(9)12/h4-5,7H,2-3,6,12H2,1H3,(H,13,15). The van der Waals surface area contributed by atoms with Crippen molar-refractivity contribution in [1.82, 2.24) is 5.32 Å². The van der Waals surface area contributed by atoms with Gasteiger partial charge in [-0.05, 0) is 12.5 Å². The SMILES string of the molecule is CCCCNC(=O)c1cc([N+](=O)[O-])ccc1N. The number of amides is 1. The molecule has 6 nitrogen and oxygen atoms in total. The maximum absolute atomic E-state index is 11.7. The number of carbonyl (C=O) groups excluding carboxylic acids is 1. The third-order valence-corrected chi connectivity index (χ3v) is 2.31. The highest BCUT2D eigenvalue weighted by molar-refractivity contribution is 5.99. The summed E-state index contributed by atoms with van der Waals surface area (Å²) in [4.78, 5) is 21.7. The number of non-ortho nitro benzene ring substituents is 1. The van der Waals surface area contributed by atoms with Gasteiger partial charge < -0.3 is 11.1 Å². The van der Waals surface area contributed by atoms with E-state index >= 15 is 0 Å². The number of nitro benzene ring substituents is 1. The largest absolute Gasteiger partial charge is 0.398 e. The molecular formula is C11H15N3O3. The van der Waals surface area contributed by atoms with Crippen LogP contribution in [0.3, 0.4) is 0 Å². The van der Waals surface area contributed by atoms with Gasteiger partial charge in [0.1, 0.15) is 0 Å². The number of nitro groups is 1. The van der Waals surface area contributed by atoms with Crippen molar-refractivity contribution in [2.24, 2.45) is 0 Å². The molecule has 3 N–H and O–H groups in total. The van der Waals surface area contributed by atoms with Crippen LogP contribution in [0.15, 0.2) is 18.2 Å². The summed E-state index contributed by atoms with van der Waals surface area (Å²) in [5.41, 5.74) is 5.86. The average molecular weight is 237 g/mol. The number of benzene rings is 1. The van der Waals surface area contributed by atoms with Crippen LogP contribution in [0.1, 0.15) is 30.1 Å². The van der Waals surface area contributed by atoms with Gasteiger partial charge in [-0.1, -0.05) is 13.3 Å². The number of unbranched alkanes of at least 4 members (excludes halogenated alkanes) is 1. The third-order valence-electron chi connectivity index (χ3n) is 2.31. The Bertz CT molecular complexity index is 432. The second kappa shape index (κ2) is 5.83. The van der Waals surface area contributed by atoms with Gasteiger partial charge in [0.25, 0.3) is 11.6 Å². The molecule has 0 unspecified atom stereocenters. The van der Waals surface area contributed by atoms with Gasteiger partial charge in [0.15, 0.2) is 0 Å². The number of carbonyl (C=O) groups is 1. The van der Waals surface area contributed by atoms with Crippen LogP contribution in [0.25, 0.3) is 0 Å². The number of nitrogens with one attached hydrogen (secondary N) is 1. The molecule has 1 aromatic carbocycles. The highest BCUT2D eigenvalue weighted by atomic mass is 16.6. The molecule has 1 aromatic rings. The summed E-state index contributed by atoms with van der Waals surface area (Å²) in [5.74, 6) is -0.375. The molecule has 0 aliphatic heterocycles. The highest BCUT2D eigenvalue weighted by Gasteiger charge is 2.14. The summed E-state index contributed by atoms with van der Waals surface area (Å²) >= 11 is 0. The monoisotopic (exact) mass is 237 g/mol. The normalized spacial score (nSPS) is 9.94. The Morgan fingerprint density at radius 1 is 1.53 bits per heavy atom. The average Bonchev–Trinajstić information content (AvgIpc) is 2.29. The van der Waals surface area contributed by atoms with Crippen LogP contribution < -0.4 is 11.1 Å². The third kappa shape index (κ3) is 3.44. The van der Waals surface area contributed by atoms with Crippen molar-refractivity contribution >= 4 is 17.3 Å². The molecule has 1 amide bonds. The number of rotatable bonds is 5. The van der Waals surface area contributed by atoms with E-state index in [1.807, 2.05) is 6.92 Å². The first-order valence-corrected chi connectivity index (χ1v) is 5.38. The molecule has 17 heavy (non-hydrogen) atoms. The van der Waals surface area contributed by atoms with Crippen LogP contribution in [0.2, 0.25) is 0 Å². The number of nitrogens with zero attached hydrogens (tertiary/aromatic N) is 1. The lowest BCUT2D eigenvalue weighted by atomic mass is 10.1. The van der Waals surface area contributed by atoms with E-state index in [0.717, 1.165) is 12.8 Å². The van der Waals surface area contributed by atoms with Crippen molar-refractivity contribution in [3.63, 3.8) is 0 Å². The van der Waals surface area contributed by atoms with E-state index in [1.54, 1.807) is 0 Å². The Kier molecular flexibility index (Phi) is 4.45. The summed E-state index contributed by atoms with van der Waals surface area (Å²) in [6.07, 6.45) is 1.82. The van der Waals surface area contributed by atoms with Gasteiger partial charge >= 0.3 is 0 Å². The molecule has 0 saturated heterocycles. The second-order valence-corrected chi connectivity index (χ2v) is 3.64. The van der Waals surface area contributed by atoms with Gasteiger partial charge in [-0.2, -0.15) is 0 Å². The van der Waals surface area contributed by atoms with Gasteiger partial charge in [-0.3, -0.25) is 14.9 Å². The Balaban J connectivity index is 2.84. The number of anilines is 1. The summed E-state index contributed by atoms with van der Waals surface area (Å²) in [6.45, 7) is 2.55. The number of nitrogen functional groups attached to an aromatic ring is 1. The van der Waals surface area contributed by atoms with Crippen LogP contribution in [0, 0.1) is 10.1 Å². The maximum Gasteiger partial charge on any atom is 0.270 e. The number of hydrogen-bond acceptors (Lipinski definition) is 4. The zero-order valence-corrected chi connectivity index (χ0v) is 9.60. The topological polar surface area (TPSA) is 98.3 Å². The minimum atomic E-state index is -0.553. The predicted molar refractivity (Wildman–Crippen MR) is 64.8 cm³/mol. The van der Waals surface area contributed by atoms with E-state index in [-0.39, 0.29) is 22.8 Å². The molecule has 0 spiro atoms.